The molecule has 2 aliphatic rings. The Morgan fingerprint density at radius 2 is 1.09 bits per heavy atom. The molecule has 32 heavy (non-hydrogen) atoms. The first-order valence-electron chi connectivity index (χ1n) is 13.4. The SMILES string of the molecule is CC(C)(CCCCCOCCCCC(C)(C)COC1CCCCO1)COC1CCCCO1. The summed E-state index contributed by atoms with van der Waals surface area (Å²) in [5.74, 6) is 0. The van der Waals surface area contributed by atoms with Crippen LogP contribution in [-0.4, -0.2) is 52.2 Å². The Kier molecular flexibility index (Phi) is 13.7. The van der Waals surface area contributed by atoms with Crippen LogP contribution in [0.5, 0.6) is 0 Å². The van der Waals surface area contributed by atoms with Crippen LogP contribution in [0.1, 0.15) is 111 Å². The van der Waals surface area contributed by atoms with Crippen molar-refractivity contribution in [3.63, 3.8) is 0 Å². The molecule has 2 rings (SSSR count). The molecule has 2 heterocycles. The summed E-state index contributed by atoms with van der Waals surface area (Å²) in [4.78, 5) is 0. The molecule has 2 aliphatic heterocycles. The van der Waals surface area contributed by atoms with E-state index in [2.05, 4.69) is 27.7 Å². The number of hydrogen-bond acceptors (Lipinski definition) is 5. The van der Waals surface area contributed by atoms with Gasteiger partial charge in [0.2, 0.25) is 0 Å². The summed E-state index contributed by atoms with van der Waals surface area (Å²) in [7, 11) is 0. The first kappa shape index (κ1) is 28.0. The van der Waals surface area contributed by atoms with Crippen molar-refractivity contribution < 1.29 is 23.7 Å². The highest BCUT2D eigenvalue weighted by Crippen LogP contribution is 2.27. The van der Waals surface area contributed by atoms with Gasteiger partial charge in [-0.05, 0) is 75.0 Å². The van der Waals surface area contributed by atoms with Crippen molar-refractivity contribution in [3.8, 4) is 0 Å². The van der Waals surface area contributed by atoms with Gasteiger partial charge in [0, 0.05) is 26.4 Å². The van der Waals surface area contributed by atoms with Gasteiger partial charge in [-0.1, -0.05) is 47.0 Å². The molecule has 0 N–H and O–H groups in total. The molecule has 0 aliphatic carbocycles. The van der Waals surface area contributed by atoms with Gasteiger partial charge in [0.1, 0.15) is 0 Å². The molecule has 0 aromatic rings. The Hall–Kier alpha value is -0.200. The van der Waals surface area contributed by atoms with Gasteiger partial charge in [0.25, 0.3) is 0 Å². The number of hydrogen-bond donors (Lipinski definition) is 0. The lowest BCUT2D eigenvalue weighted by Crippen LogP contribution is -2.28. The molecule has 5 nitrogen and oxygen atoms in total. The minimum absolute atomic E-state index is 0.0235. The van der Waals surface area contributed by atoms with Crippen molar-refractivity contribution in [1.82, 2.24) is 0 Å². The molecule has 0 amide bonds. The zero-order chi connectivity index (χ0) is 23.1. The highest BCUT2D eigenvalue weighted by Gasteiger charge is 2.23. The van der Waals surface area contributed by atoms with E-state index in [0.29, 0.717) is 0 Å². The molecule has 5 heteroatoms. The summed E-state index contributed by atoms with van der Waals surface area (Å²) >= 11 is 0. The van der Waals surface area contributed by atoms with E-state index in [1.54, 1.807) is 0 Å². The molecular weight excluding hydrogens is 404 g/mol. The van der Waals surface area contributed by atoms with Crippen molar-refractivity contribution in [1.29, 1.82) is 0 Å². The third kappa shape index (κ3) is 13.5. The molecule has 2 fully saturated rings. The van der Waals surface area contributed by atoms with Crippen LogP contribution in [0.4, 0.5) is 0 Å². The van der Waals surface area contributed by atoms with Gasteiger partial charge in [-0.2, -0.15) is 0 Å². The van der Waals surface area contributed by atoms with E-state index in [1.807, 2.05) is 0 Å². The molecule has 0 spiro atoms. The van der Waals surface area contributed by atoms with Crippen molar-refractivity contribution in [2.75, 3.05) is 39.6 Å². The van der Waals surface area contributed by atoms with Crippen LogP contribution in [-0.2, 0) is 23.7 Å². The second kappa shape index (κ2) is 15.7. The Bertz CT molecular complexity index is 411. The highest BCUT2D eigenvalue weighted by atomic mass is 16.7. The smallest absolute Gasteiger partial charge is 0.157 e. The maximum atomic E-state index is 5.99. The van der Waals surface area contributed by atoms with E-state index in [1.165, 1.54) is 57.8 Å². The standard InChI is InChI=1S/C27H52O5/c1-26(2,22-31-24-14-6-11-20-29-24)16-8-5-10-18-28-19-13-9-17-27(3,4)23-32-25-15-7-12-21-30-25/h24-25H,5-23H2,1-4H3. The largest absolute Gasteiger partial charge is 0.381 e. The minimum atomic E-state index is 0.0235. The molecule has 0 bridgehead atoms. The first-order valence-corrected chi connectivity index (χ1v) is 13.4. The van der Waals surface area contributed by atoms with Crippen LogP contribution in [0.3, 0.4) is 0 Å². The van der Waals surface area contributed by atoms with Crippen molar-refractivity contribution >= 4 is 0 Å². The predicted molar refractivity (Wildman–Crippen MR) is 130 cm³/mol. The summed E-state index contributed by atoms with van der Waals surface area (Å²) < 4.78 is 29.2. The second-order valence-corrected chi connectivity index (χ2v) is 11.4. The molecule has 2 saturated heterocycles. The quantitative estimate of drug-likeness (QED) is 0.223. The molecule has 0 saturated carbocycles. The van der Waals surface area contributed by atoms with Crippen LogP contribution < -0.4 is 0 Å². The van der Waals surface area contributed by atoms with Crippen LogP contribution in [0.25, 0.3) is 0 Å². The normalized spacial score (nSPS) is 22.9. The molecule has 0 radical (unpaired) electrons. The zero-order valence-corrected chi connectivity index (χ0v) is 21.6. The van der Waals surface area contributed by atoms with Gasteiger partial charge in [-0.25, -0.2) is 0 Å². The fourth-order valence-corrected chi connectivity index (χ4v) is 4.36. The lowest BCUT2D eigenvalue weighted by Gasteiger charge is -2.29. The van der Waals surface area contributed by atoms with E-state index in [4.69, 9.17) is 23.7 Å². The van der Waals surface area contributed by atoms with E-state index in [9.17, 15) is 0 Å². The summed E-state index contributed by atoms with van der Waals surface area (Å²) in [6.45, 7) is 14.3. The fourth-order valence-electron chi connectivity index (χ4n) is 4.36. The van der Waals surface area contributed by atoms with Crippen LogP contribution in [0, 0.1) is 10.8 Å². The number of unbranched alkanes of at least 4 members (excludes halogenated alkanes) is 3. The third-order valence-electron chi connectivity index (χ3n) is 6.63. The molecule has 2 atom stereocenters. The monoisotopic (exact) mass is 456 g/mol. The van der Waals surface area contributed by atoms with Gasteiger partial charge in [-0.15, -0.1) is 0 Å². The van der Waals surface area contributed by atoms with Crippen molar-refractivity contribution in [2.45, 2.75) is 124 Å². The summed E-state index contributed by atoms with van der Waals surface area (Å²) in [5, 5.41) is 0. The molecule has 2 unspecified atom stereocenters. The Labute approximate surface area is 198 Å². The maximum Gasteiger partial charge on any atom is 0.157 e. The van der Waals surface area contributed by atoms with Crippen LogP contribution >= 0.6 is 0 Å². The maximum absolute atomic E-state index is 5.99. The summed E-state index contributed by atoms with van der Waals surface area (Å²) in [6, 6.07) is 0. The lowest BCUT2D eigenvalue weighted by molar-refractivity contribution is -0.177. The highest BCUT2D eigenvalue weighted by molar-refractivity contribution is 4.70. The van der Waals surface area contributed by atoms with E-state index in [-0.39, 0.29) is 23.4 Å². The zero-order valence-electron chi connectivity index (χ0n) is 21.6. The van der Waals surface area contributed by atoms with Gasteiger partial charge >= 0.3 is 0 Å². The summed E-state index contributed by atoms with van der Waals surface area (Å²) in [5.41, 5.74) is 0.432. The second-order valence-electron chi connectivity index (χ2n) is 11.4. The van der Waals surface area contributed by atoms with E-state index >= 15 is 0 Å². The fraction of sp³-hybridized carbons (Fsp3) is 1.00. The third-order valence-corrected chi connectivity index (χ3v) is 6.63. The average molecular weight is 457 g/mol. The summed E-state index contributed by atoms with van der Waals surface area (Å²) in [6.07, 6.45) is 15.3. The minimum Gasteiger partial charge on any atom is -0.381 e. The number of ether oxygens (including phenoxy) is 5. The van der Waals surface area contributed by atoms with Crippen molar-refractivity contribution in [2.24, 2.45) is 10.8 Å². The Balaban J connectivity index is 1.37. The topological polar surface area (TPSA) is 46.2 Å². The van der Waals surface area contributed by atoms with Crippen molar-refractivity contribution in [3.05, 3.63) is 0 Å². The predicted octanol–water partition coefficient (Wildman–Crippen LogP) is 6.87. The molecule has 0 aromatic heterocycles. The van der Waals surface area contributed by atoms with Gasteiger partial charge in [0.05, 0.1) is 13.2 Å². The van der Waals surface area contributed by atoms with Gasteiger partial charge in [-0.3, -0.25) is 0 Å². The first-order chi connectivity index (χ1) is 15.4. The van der Waals surface area contributed by atoms with E-state index < -0.39 is 0 Å². The Morgan fingerprint density at radius 3 is 1.56 bits per heavy atom. The van der Waals surface area contributed by atoms with E-state index in [0.717, 1.165) is 65.3 Å². The Morgan fingerprint density at radius 1 is 0.625 bits per heavy atom. The molecular formula is C27H52O5. The number of rotatable bonds is 17. The average Bonchev–Trinajstić information content (AvgIpc) is 2.79. The van der Waals surface area contributed by atoms with Gasteiger partial charge < -0.3 is 23.7 Å². The van der Waals surface area contributed by atoms with Crippen LogP contribution in [0.2, 0.25) is 0 Å². The lowest BCUT2D eigenvalue weighted by atomic mass is 9.88. The van der Waals surface area contributed by atoms with Gasteiger partial charge in [0.15, 0.2) is 12.6 Å². The molecule has 190 valence electrons. The van der Waals surface area contributed by atoms with Crippen LogP contribution in [0.15, 0.2) is 0 Å². The molecule has 0 aromatic carbocycles.